The van der Waals surface area contributed by atoms with Crippen molar-refractivity contribution >= 4 is 41.3 Å². The number of nitrogens with zero attached hydrogens (tertiary/aromatic N) is 2. The normalized spacial score (nSPS) is 16.3. The lowest BCUT2D eigenvalue weighted by Gasteiger charge is -2.27. The van der Waals surface area contributed by atoms with E-state index in [1.165, 1.54) is 0 Å². The molecule has 8 heteroatoms. The summed E-state index contributed by atoms with van der Waals surface area (Å²) in [5.74, 6) is 2.34. The van der Waals surface area contributed by atoms with Crippen molar-refractivity contribution in [3.63, 3.8) is 0 Å². The van der Waals surface area contributed by atoms with Crippen molar-refractivity contribution in [1.29, 1.82) is 0 Å². The molecule has 0 bridgehead atoms. The van der Waals surface area contributed by atoms with E-state index in [-0.39, 0.29) is 35.5 Å². The van der Waals surface area contributed by atoms with Crippen LogP contribution in [0.4, 0.5) is 0 Å². The number of nitrogens with one attached hydrogen (secondary N) is 2. The first-order valence-corrected chi connectivity index (χ1v) is 10.1. The smallest absolute Gasteiger partial charge is 0.191 e. The molecule has 1 unspecified atom stereocenters. The second-order valence-corrected chi connectivity index (χ2v) is 8.45. The SMILES string of the molecule is CN=C(NCCc1nc(C(C)(C)C)cs1)NCC1COc2ccccc2O1.I. The minimum absolute atomic E-state index is 0. The summed E-state index contributed by atoms with van der Waals surface area (Å²) in [6.45, 7) is 8.48. The van der Waals surface area contributed by atoms with E-state index in [4.69, 9.17) is 14.5 Å². The molecule has 0 saturated heterocycles. The van der Waals surface area contributed by atoms with E-state index in [0.717, 1.165) is 41.1 Å². The van der Waals surface area contributed by atoms with E-state index in [1.54, 1.807) is 18.4 Å². The summed E-state index contributed by atoms with van der Waals surface area (Å²) in [4.78, 5) is 9.00. The van der Waals surface area contributed by atoms with Crippen LogP contribution in [0.3, 0.4) is 0 Å². The minimum atomic E-state index is -0.0493. The number of aromatic nitrogens is 1. The molecule has 0 radical (unpaired) electrons. The maximum atomic E-state index is 5.96. The fraction of sp³-hybridized carbons (Fsp3) is 0.500. The number of rotatable bonds is 5. The van der Waals surface area contributed by atoms with Crippen LogP contribution in [0.5, 0.6) is 11.5 Å². The van der Waals surface area contributed by atoms with Crippen molar-refractivity contribution in [3.8, 4) is 11.5 Å². The highest BCUT2D eigenvalue weighted by Gasteiger charge is 2.21. The minimum Gasteiger partial charge on any atom is -0.486 e. The second kappa shape index (κ2) is 10.3. The average Bonchev–Trinajstić information content (AvgIpc) is 3.14. The first-order valence-electron chi connectivity index (χ1n) is 9.23. The Morgan fingerprint density at radius 1 is 1.25 bits per heavy atom. The van der Waals surface area contributed by atoms with Gasteiger partial charge >= 0.3 is 0 Å². The van der Waals surface area contributed by atoms with Crippen molar-refractivity contribution in [1.82, 2.24) is 15.6 Å². The van der Waals surface area contributed by atoms with Crippen LogP contribution < -0.4 is 20.1 Å². The number of thiazole rings is 1. The number of aliphatic imine (C=N–C) groups is 1. The van der Waals surface area contributed by atoms with Crippen molar-refractivity contribution in [2.45, 2.75) is 38.7 Å². The molecule has 2 heterocycles. The zero-order valence-corrected chi connectivity index (χ0v) is 20.0. The van der Waals surface area contributed by atoms with Gasteiger partial charge in [-0.2, -0.15) is 0 Å². The molecule has 2 N–H and O–H groups in total. The molecule has 0 amide bonds. The van der Waals surface area contributed by atoms with Crippen LogP contribution in [0.2, 0.25) is 0 Å². The first-order chi connectivity index (χ1) is 13.0. The van der Waals surface area contributed by atoms with E-state index in [0.29, 0.717) is 13.2 Å². The van der Waals surface area contributed by atoms with Crippen molar-refractivity contribution in [3.05, 3.63) is 40.3 Å². The molecular formula is C20H29IN4O2S. The highest BCUT2D eigenvalue weighted by Crippen LogP contribution is 2.30. The van der Waals surface area contributed by atoms with Gasteiger partial charge in [0.2, 0.25) is 0 Å². The van der Waals surface area contributed by atoms with E-state index < -0.39 is 0 Å². The number of hydrogen-bond acceptors (Lipinski definition) is 5. The summed E-state index contributed by atoms with van der Waals surface area (Å²) in [5, 5.41) is 9.93. The van der Waals surface area contributed by atoms with E-state index in [1.807, 2.05) is 24.3 Å². The molecule has 0 spiro atoms. The molecular weight excluding hydrogens is 487 g/mol. The molecule has 1 aliphatic rings. The summed E-state index contributed by atoms with van der Waals surface area (Å²) in [6.07, 6.45) is 0.824. The van der Waals surface area contributed by atoms with Gasteiger partial charge in [-0.25, -0.2) is 4.98 Å². The maximum Gasteiger partial charge on any atom is 0.191 e. The molecule has 0 aliphatic carbocycles. The Hall–Kier alpha value is -1.55. The highest BCUT2D eigenvalue weighted by molar-refractivity contribution is 14.0. The Kier molecular flexibility index (Phi) is 8.36. The fourth-order valence-corrected chi connectivity index (χ4v) is 3.68. The van der Waals surface area contributed by atoms with Gasteiger partial charge < -0.3 is 20.1 Å². The molecule has 0 fully saturated rings. The van der Waals surface area contributed by atoms with Crippen molar-refractivity contribution in [2.24, 2.45) is 4.99 Å². The topological polar surface area (TPSA) is 67.8 Å². The van der Waals surface area contributed by atoms with Crippen LogP contribution in [0, 0.1) is 0 Å². The average molecular weight is 516 g/mol. The van der Waals surface area contributed by atoms with Crippen LogP contribution in [0.1, 0.15) is 31.5 Å². The first kappa shape index (κ1) is 22.7. The molecule has 2 aromatic rings. The summed E-state index contributed by atoms with van der Waals surface area (Å²) in [7, 11) is 1.77. The monoisotopic (exact) mass is 516 g/mol. The zero-order valence-electron chi connectivity index (χ0n) is 16.8. The molecule has 1 atom stereocenters. The predicted molar refractivity (Wildman–Crippen MR) is 126 cm³/mol. The lowest BCUT2D eigenvalue weighted by Crippen LogP contribution is -2.45. The molecule has 154 valence electrons. The van der Waals surface area contributed by atoms with Crippen LogP contribution in [-0.4, -0.2) is 43.8 Å². The Morgan fingerprint density at radius 2 is 2.00 bits per heavy atom. The fourth-order valence-electron chi connectivity index (χ4n) is 2.65. The van der Waals surface area contributed by atoms with Crippen LogP contribution in [0.25, 0.3) is 0 Å². The summed E-state index contributed by atoms with van der Waals surface area (Å²) >= 11 is 1.72. The zero-order chi connectivity index (χ0) is 19.3. The number of guanidine groups is 1. The Morgan fingerprint density at radius 3 is 2.68 bits per heavy atom. The third-order valence-corrected chi connectivity index (χ3v) is 5.15. The van der Waals surface area contributed by atoms with Gasteiger partial charge in [0.25, 0.3) is 0 Å². The molecule has 6 nitrogen and oxygen atoms in total. The number of para-hydroxylation sites is 2. The maximum absolute atomic E-state index is 5.96. The molecule has 1 aromatic heterocycles. The second-order valence-electron chi connectivity index (χ2n) is 7.50. The van der Waals surface area contributed by atoms with Crippen molar-refractivity contribution < 1.29 is 9.47 Å². The molecule has 0 saturated carbocycles. The number of halogens is 1. The van der Waals surface area contributed by atoms with Gasteiger partial charge in [-0.15, -0.1) is 35.3 Å². The van der Waals surface area contributed by atoms with E-state index in [2.05, 4.69) is 41.8 Å². The third-order valence-electron chi connectivity index (χ3n) is 4.24. The van der Waals surface area contributed by atoms with E-state index >= 15 is 0 Å². The number of ether oxygens (including phenoxy) is 2. The van der Waals surface area contributed by atoms with Gasteiger partial charge in [0.15, 0.2) is 17.5 Å². The Labute approximate surface area is 188 Å². The Balaban J connectivity index is 0.00000280. The lowest BCUT2D eigenvalue weighted by molar-refractivity contribution is 0.0936. The standard InChI is InChI=1S/C20H28N4O2S.HI/c1-20(2,3)17-13-27-18(24-17)9-10-22-19(21-4)23-11-14-12-25-15-7-5-6-8-16(15)26-14;/h5-8,13-14H,9-12H2,1-4H3,(H2,21,22,23);1H. The van der Waals surface area contributed by atoms with Gasteiger partial charge in [-0.3, -0.25) is 4.99 Å². The quantitative estimate of drug-likeness (QED) is 0.361. The largest absolute Gasteiger partial charge is 0.486 e. The summed E-state index contributed by atoms with van der Waals surface area (Å²) in [5.41, 5.74) is 1.25. The van der Waals surface area contributed by atoms with Crippen LogP contribution >= 0.6 is 35.3 Å². The summed E-state index contributed by atoms with van der Waals surface area (Å²) < 4.78 is 11.7. The van der Waals surface area contributed by atoms with Gasteiger partial charge in [0, 0.05) is 30.8 Å². The number of benzene rings is 1. The highest BCUT2D eigenvalue weighted by atomic mass is 127. The molecule has 1 aromatic carbocycles. The Bertz CT molecular complexity index is 789. The van der Waals surface area contributed by atoms with Crippen LogP contribution in [-0.2, 0) is 11.8 Å². The van der Waals surface area contributed by atoms with Crippen molar-refractivity contribution in [2.75, 3.05) is 26.7 Å². The number of fused-ring (bicyclic) bond motifs is 1. The number of hydrogen-bond donors (Lipinski definition) is 2. The van der Waals surface area contributed by atoms with Crippen LogP contribution in [0.15, 0.2) is 34.6 Å². The lowest BCUT2D eigenvalue weighted by atomic mass is 9.93. The molecule has 1 aliphatic heterocycles. The summed E-state index contributed by atoms with van der Waals surface area (Å²) in [6, 6.07) is 7.74. The van der Waals surface area contributed by atoms with Gasteiger partial charge in [-0.1, -0.05) is 32.9 Å². The molecule has 28 heavy (non-hydrogen) atoms. The van der Waals surface area contributed by atoms with Gasteiger partial charge in [-0.05, 0) is 12.1 Å². The van der Waals surface area contributed by atoms with Gasteiger partial charge in [0.1, 0.15) is 12.7 Å². The van der Waals surface area contributed by atoms with Gasteiger partial charge in [0.05, 0.1) is 17.2 Å². The van der Waals surface area contributed by atoms with E-state index in [9.17, 15) is 0 Å². The third kappa shape index (κ3) is 6.23. The predicted octanol–water partition coefficient (Wildman–Crippen LogP) is 3.61. The molecule has 3 rings (SSSR count).